The summed E-state index contributed by atoms with van der Waals surface area (Å²) in [6, 6.07) is 4.36. The lowest BCUT2D eigenvalue weighted by atomic mass is 10.2. The van der Waals surface area contributed by atoms with Crippen LogP contribution in [-0.4, -0.2) is 17.6 Å². The first-order valence-corrected chi connectivity index (χ1v) is 4.53. The van der Waals surface area contributed by atoms with Crippen LogP contribution in [0.2, 0.25) is 0 Å². The molecule has 0 aliphatic heterocycles. The number of pyridine rings is 1. The molecule has 1 atom stereocenters. The van der Waals surface area contributed by atoms with Crippen molar-refractivity contribution in [2.24, 2.45) is 5.73 Å². The van der Waals surface area contributed by atoms with Crippen molar-refractivity contribution in [3.63, 3.8) is 0 Å². The Morgan fingerprint density at radius 3 is 2.29 bits per heavy atom. The summed E-state index contributed by atoms with van der Waals surface area (Å²) in [5, 5.41) is 3.31. The van der Waals surface area contributed by atoms with Crippen LogP contribution in [0.1, 0.15) is 18.3 Å². The molecule has 1 unspecified atom stereocenters. The van der Waals surface area contributed by atoms with Gasteiger partial charge in [0.15, 0.2) is 0 Å². The van der Waals surface area contributed by atoms with E-state index in [2.05, 4.69) is 17.2 Å². The van der Waals surface area contributed by atoms with Crippen molar-refractivity contribution in [3.8, 4) is 0 Å². The molecule has 0 aromatic carbocycles. The quantitative estimate of drug-likeness (QED) is 0.810. The van der Waals surface area contributed by atoms with Crippen LogP contribution >= 0.6 is 12.4 Å². The van der Waals surface area contributed by atoms with Gasteiger partial charge in [0.2, 0.25) is 0 Å². The Bertz CT molecular complexity index is 268. The minimum atomic E-state index is 0. The molecule has 1 aromatic rings. The molecule has 80 valence electrons. The van der Waals surface area contributed by atoms with Crippen LogP contribution in [0.4, 0.5) is 5.69 Å². The summed E-state index contributed by atoms with van der Waals surface area (Å²) >= 11 is 0. The predicted octanol–water partition coefficient (Wildman–Crippen LogP) is 1.88. The minimum absolute atomic E-state index is 0. The van der Waals surface area contributed by atoms with E-state index in [0.29, 0.717) is 12.6 Å². The van der Waals surface area contributed by atoms with Crippen molar-refractivity contribution in [2.75, 3.05) is 11.9 Å². The zero-order chi connectivity index (χ0) is 9.84. The van der Waals surface area contributed by atoms with Crippen LogP contribution < -0.4 is 11.1 Å². The fraction of sp³-hybridized carbons (Fsp3) is 0.500. The molecule has 0 fully saturated rings. The molecular weight excluding hydrogens is 198 g/mol. The van der Waals surface area contributed by atoms with Gasteiger partial charge < -0.3 is 11.1 Å². The van der Waals surface area contributed by atoms with Gasteiger partial charge in [-0.15, -0.1) is 12.4 Å². The summed E-state index contributed by atoms with van der Waals surface area (Å²) < 4.78 is 0. The van der Waals surface area contributed by atoms with Crippen molar-refractivity contribution in [1.29, 1.82) is 0 Å². The van der Waals surface area contributed by atoms with Crippen LogP contribution in [-0.2, 0) is 0 Å². The third-order valence-electron chi connectivity index (χ3n) is 1.85. The fourth-order valence-corrected chi connectivity index (χ4v) is 1.26. The monoisotopic (exact) mass is 215 g/mol. The van der Waals surface area contributed by atoms with E-state index in [1.807, 2.05) is 26.0 Å². The number of nitrogens with one attached hydrogen (secondary N) is 1. The number of aryl methyl sites for hydroxylation is 2. The van der Waals surface area contributed by atoms with Crippen molar-refractivity contribution in [2.45, 2.75) is 26.8 Å². The summed E-state index contributed by atoms with van der Waals surface area (Å²) in [6.07, 6.45) is 0. The number of hydrogen-bond acceptors (Lipinski definition) is 3. The highest BCUT2D eigenvalue weighted by atomic mass is 35.5. The van der Waals surface area contributed by atoms with Gasteiger partial charge in [-0.25, -0.2) is 0 Å². The molecule has 1 aromatic heterocycles. The normalized spacial score (nSPS) is 11.7. The second-order valence-corrected chi connectivity index (χ2v) is 3.42. The third-order valence-corrected chi connectivity index (χ3v) is 1.85. The van der Waals surface area contributed by atoms with Gasteiger partial charge >= 0.3 is 0 Å². The van der Waals surface area contributed by atoms with Gasteiger partial charge in [0.05, 0.1) is 0 Å². The Hall–Kier alpha value is -0.800. The molecule has 1 heterocycles. The molecule has 0 bridgehead atoms. The lowest BCUT2D eigenvalue weighted by Crippen LogP contribution is -2.25. The van der Waals surface area contributed by atoms with Crippen LogP contribution in [0.25, 0.3) is 0 Å². The first kappa shape index (κ1) is 13.2. The highest BCUT2D eigenvalue weighted by Gasteiger charge is 2.00. The van der Waals surface area contributed by atoms with E-state index in [1.54, 1.807) is 0 Å². The second-order valence-electron chi connectivity index (χ2n) is 3.42. The topological polar surface area (TPSA) is 50.9 Å². The summed E-state index contributed by atoms with van der Waals surface area (Å²) in [5.74, 6) is 0. The number of aromatic nitrogens is 1. The number of rotatable bonds is 3. The highest BCUT2D eigenvalue weighted by Crippen LogP contribution is 2.11. The molecule has 0 saturated carbocycles. The van der Waals surface area contributed by atoms with E-state index < -0.39 is 0 Å². The van der Waals surface area contributed by atoms with E-state index in [9.17, 15) is 0 Å². The van der Waals surface area contributed by atoms with Gasteiger partial charge in [-0.05, 0) is 32.9 Å². The van der Waals surface area contributed by atoms with Gasteiger partial charge in [0, 0.05) is 29.7 Å². The number of nitrogens with two attached hydrogens (primary N) is 1. The summed E-state index contributed by atoms with van der Waals surface area (Å²) in [5.41, 5.74) is 8.69. The largest absolute Gasteiger partial charge is 0.381 e. The van der Waals surface area contributed by atoms with Crippen molar-refractivity contribution < 1.29 is 0 Å². The maximum Gasteiger partial charge on any atom is 0.0396 e. The first-order chi connectivity index (χ1) is 6.11. The fourth-order valence-electron chi connectivity index (χ4n) is 1.26. The summed E-state index contributed by atoms with van der Waals surface area (Å²) in [6.45, 7) is 6.68. The average Bonchev–Trinajstić information content (AvgIpc) is 2.02. The van der Waals surface area contributed by atoms with Crippen LogP contribution in [0.15, 0.2) is 12.1 Å². The molecule has 0 aliphatic carbocycles. The molecular formula is C10H18ClN3. The van der Waals surface area contributed by atoms with Crippen LogP contribution in [0, 0.1) is 13.8 Å². The number of hydrogen-bond donors (Lipinski definition) is 2. The summed E-state index contributed by atoms with van der Waals surface area (Å²) in [4.78, 5) is 4.30. The Balaban J connectivity index is 0.00000169. The zero-order valence-corrected chi connectivity index (χ0v) is 9.69. The van der Waals surface area contributed by atoms with Crippen molar-refractivity contribution in [3.05, 3.63) is 23.5 Å². The standard InChI is InChI=1S/C10H17N3.ClH/c1-7-4-10(5-8(2)12-7)13-9(3)6-11;/h4-5,9H,6,11H2,1-3H3,(H,12,13);1H. The lowest BCUT2D eigenvalue weighted by molar-refractivity contribution is 0.803. The molecule has 14 heavy (non-hydrogen) atoms. The Morgan fingerprint density at radius 2 is 1.86 bits per heavy atom. The highest BCUT2D eigenvalue weighted by molar-refractivity contribution is 5.85. The van der Waals surface area contributed by atoms with Crippen LogP contribution in [0.5, 0.6) is 0 Å². The van der Waals surface area contributed by atoms with Gasteiger partial charge in [0.1, 0.15) is 0 Å². The van der Waals surface area contributed by atoms with E-state index in [4.69, 9.17) is 5.73 Å². The van der Waals surface area contributed by atoms with Gasteiger partial charge in [-0.3, -0.25) is 4.98 Å². The smallest absolute Gasteiger partial charge is 0.0396 e. The summed E-state index contributed by atoms with van der Waals surface area (Å²) in [7, 11) is 0. The zero-order valence-electron chi connectivity index (χ0n) is 8.87. The van der Waals surface area contributed by atoms with Crippen molar-refractivity contribution >= 4 is 18.1 Å². The van der Waals surface area contributed by atoms with Gasteiger partial charge in [0.25, 0.3) is 0 Å². The first-order valence-electron chi connectivity index (χ1n) is 4.53. The molecule has 1 rings (SSSR count). The van der Waals surface area contributed by atoms with E-state index >= 15 is 0 Å². The molecule has 0 amide bonds. The second kappa shape index (κ2) is 5.83. The molecule has 0 radical (unpaired) electrons. The van der Waals surface area contributed by atoms with E-state index in [-0.39, 0.29) is 12.4 Å². The van der Waals surface area contributed by atoms with Crippen LogP contribution in [0.3, 0.4) is 0 Å². The number of halogens is 1. The Kier molecular flexibility index (Phi) is 5.50. The molecule has 3 nitrogen and oxygen atoms in total. The lowest BCUT2D eigenvalue weighted by Gasteiger charge is -2.13. The Labute approximate surface area is 91.5 Å². The maximum atomic E-state index is 5.52. The molecule has 4 heteroatoms. The maximum absolute atomic E-state index is 5.52. The Morgan fingerprint density at radius 1 is 1.36 bits per heavy atom. The average molecular weight is 216 g/mol. The molecule has 0 saturated heterocycles. The predicted molar refractivity (Wildman–Crippen MR) is 63.1 cm³/mol. The van der Waals surface area contributed by atoms with Gasteiger partial charge in [-0.1, -0.05) is 0 Å². The molecule has 3 N–H and O–H groups in total. The number of anilines is 1. The minimum Gasteiger partial charge on any atom is -0.381 e. The SMILES string of the molecule is Cc1cc(NC(C)CN)cc(C)n1.Cl. The molecule has 0 spiro atoms. The third kappa shape index (κ3) is 3.94. The number of nitrogens with zero attached hydrogens (tertiary/aromatic N) is 1. The van der Waals surface area contributed by atoms with E-state index in [0.717, 1.165) is 17.1 Å². The van der Waals surface area contributed by atoms with E-state index in [1.165, 1.54) is 0 Å². The molecule has 0 aliphatic rings. The van der Waals surface area contributed by atoms with Crippen molar-refractivity contribution in [1.82, 2.24) is 4.98 Å². The van der Waals surface area contributed by atoms with Gasteiger partial charge in [-0.2, -0.15) is 0 Å².